The highest BCUT2D eigenvalue weighted by Gasteiger charge is 2.32. The number of nitrogens with zero attached hydrogens (tertiary/aromatic N) is 2. The van der Waals surface area contributed by atoms with Crippen molar-refractivity contribution < 1.29 is 14.3 Å². The summed E-state index contributed by atoms with van der Waals surface area (Å²) in [4.78, 5) is 30.3. The van der Waals surface area contributed by atoms with Gasteiger partial charge >= 0.3 is 0 Å². The Morgan fingerprint density at radius 1 is 1.18 bits per heavy atom. The Kier molecular flexibility index (Phi) is 7.26. The number of aromatic nitrogens is 2. The van der Waals surface area contributed by atoms with E-state index in [1.54, 1.807) is 11.7 Å². The van der Waals surface area contributed by atoms with Crippen LogP contribution in [-0.2, 0) is 17.6 Å². The SMILES string of the molecule is CCCOc1ccc([C@H]2CC(=O)Nc3c2c(=O)nc(SCc2cccc(C)c2)n3C)cc1OC. The number of hydrogen-bond acceptors (Lipinski definition) is 6. The van der Waals surface area contributed by atoms with Gasteiger partial charge in [0.25, 0.3) is 5.56 Å². The fourth-order valence-corrected chi connectivity index (χ4v) is 5.04. The summed E-state index contributed by atoms with van der Waals surface area (Å²) >= 11 is 1.47. The zero-order valence-electron chi connectivity index (χ0n) is 19.9. The van der Waals surface area contributed by atoms with Gasteiger partial charge in [0.1, 0.15) is 5.82 Å². The minimum atomic E-state index is -0.417. The number of ether oxygens (including phenoxy) is 2. The van der Waals surface area contributed by atoms with E-state index in [1.807, 2.05) is 51.2 Å². The molecule has 1 aliphatic heterocycles. The van der Waals surface area contributed by atoms with E-state index in [0.717, 1.165) is 17.5 Å². The molecule has 0 bridgehead atoms. The molecular weight excluding hydrogens is 450 g/mol. The van der Waals surface area contributed by atoms with Crippen LogP contribution in [0.15, 0.2) is 52.4 Å². The van der Waals surface area contributed by atoms with E-state index in [1.165, 1.54) is 17.3 Å². The first-order chi connectivity index (χ1) is 16.4. The van der Waals surface area contributed by atoms with Gasteiger partial charge in [0.15, 0.2) is 16.7 Å². The van der Waals surface area contributed by atoms with Crippen LogP contribution >= 0.6 is 11.8 Å². The summed E-state index contributed by atoms with van der Waals surface area (Å²) in [5.41, 5.74) is 3.32. The number of aryl methyl sites for hydroxylation is 1. The van der Waals surface area contributed by atoms with Gasteiger partial charge < -0.3 is 19.4 Å². The minimum Gasteiger partial charge on any atom is -0.493 e. The molecule has 0 saturated heterocycles. The van der Waals surface area contributed by atoms with Gasteiger partial charge in [-0.2, -0.15) is 4.98 Å². The number of fused-ring (bicyclic) bond motifs is 1. The lowest BCUT2D eigenvalue weighted by Crippen LogP contribution is -2.33. The fourth-order valence-electron chi connectivity index (χ4n) is 4.13. The lowest BCUT2D eigenvalue weighted by Gasteiger charge is -2.28. The number of benzene rings is 2. The number of methoxy groups -OCH3 is 1. The molecule has 1 atom stereocenters. The standard InChI is InChI=1S/C26H29N3O4S/c1-5-11-33-20-10-9-18(13-21(20)32-4)19-14-22(30)27-24-23(19)25(31)28-26(29(24)3)34-15-17-8-6-7-16(2)12-17/h6-10,12-13,19H,5,11,14-15H2,1-4H3,(H,27,30)/t19-/m1/s1. The Morgan fingerprint density at radius 3 is 2.74 bits per heavy atom. The molecule has 2 heterocycles. The van der Waals surface area contributed by atoms with Crippen LogP contribution in [0.25, 0.3) is 0 Å². The number of hydrogen-bond donors (Lipinski definition) is 1. The normalized spacial score (nSPS) is 14.9. The van der Waals surface area contributed by atoms with Crippen molar-refractivity contribution in [2.24, 2.45) is 7.05 Å². The molecule has 4 rings (SSSR count). The minimum absolute atomic E-state index is 0.140. The summed E-state index contributed by atoms with van der Waals surface area (Å²) in [7, 11) is 3.41. The van der Waals surface area contributed by atoms with Gasteiger partial charge in [-0.05, 0) is 36.6 Å². The zero-order chi connectivity index (χ0) is 24.2. The van der Waals surface area contributed by atoms with E-state index in [9.17, 15) is 9.59 Å². The molecule has 7 nitrogen and oxygen atoms in total. The molecule has 0 unspecified atom stereocenters. The van der Waals surface area contributed by atoms with Gasteiger partial charge in [0.05, 0.1) is 19.3 Å². The van der Waals surface area contributed by atoms with Crippen LogP contribution in [0.4, 0.5) is 5.82 Å². The highest BCUT2D eigenvalue weighted by Crippen LogP contribution is 2.39. The number of thioether (sulfide) groups is 1. The van der Waals surface area contributed by atoms with Crippen LogP contribution in [-0.4, -0.2) is 29.2 Å². The monoisotopic (exact) mass is 479 g/mol. The molecule has 0 aliphatic carbocycles. The Bertz CT molecular complexity index is 1270. The van der Waals surface area contributed by atoms with Crippen molar-refractivity contribution in [1.82, 2.24) is 9.55 Å². The molecule has 2 aromatic carbocycles. The molecule has 34 heavy (non-hydrogen) atoms. The molecule has 1 aromatic heterocycles. The quantitative estimate of drug-likeness (QED) is 0.374. The molecule has 3 aromatic rings. The van der Waals surface area contributed by atoms with E-state index < -0.39 is 5.92 Å². The zero-order valence-corrected chi connectivity index (χ0v) is 20.7. The third-order valence-electron chi connectivity index (χ3n) is 5.80. The second-order valence-corrected chi connectivity index (χ2v) is 9.30. The first-order valence-electron chi connectivity index (χ1n) is 11.3. The lowest BCUT2D eigenvalue weighted by molar-refractivity contribution is -0.116. The molecule has 0 spiro atoms. The van der Waals surface area contributed by atoms with Crippen molar-refractivity contribution in [1.29, 1.82) is 0 Å². The predicted octanol–water partition coefficient (Wildman–Crippen LogP) is 4.65. The number of anilines is 1. The first-order valence-corrected chi connectivity index (χ1v) is 12.3. The average molecular weight is 480 g/mol. The van der Waals surface area contributed by atoms with Crippen molar-refractivity contribution in [3.63, 3.8) is 0 Å². The van der Waals surface area contributed by atoms with E-state index in [4.69, 9.17) is 9.47 Å². The molecule has 1 aliphatic rings. The highest BCUT2D eigenvalue weighted by molar-refractivity contribution is 7.98. The number of rotatable bonds is 8. The largest absolute Gasteiger partial charge is 0.493 e. The van der Waals surface area contributed by atoms with Gasteiger partial charge in [-0.15, -0.1) is 0 Å². The Balaban J connectivity index is 1.69. The van der Waals surface area contributed by atoms with Crippen molar-refractivity contribution in [3.05, 3.63) is 75.1 Å². The van der Waals surface area contributed by atoms with Crippen LogP contribution in [0.3, 0.4) is 0 Å². The fraction of sp³-hybridized carbons (Fsp3) is 0.346. The number of carbonyl (C=O) groups is 1. The maximum atomic E-state index is 13.2. The summed E-state index contributed by atoms with van der Waals surface area (Å²) < 4.78 is 13.1. The van der Waals surface area contributed by atoms with E-state index in [0.29, 0.717) is 40.4 Å². The van der Waals surface area contributed by atoms with Gasteiger partial charge in [-0.25, -0.2) is 0 Å². The van der Waals surface area contributed by atoms with Crippen LogP contribution in [0, 0.1) is 6.92 Å². The van der Waals surface area contributed by atoms with Crippen LogP contribution in [0.5, 0.6) is 11.5 Å². The van der Waals surface area contributed by atoms with Gasteiger partial charge in [-0.1, -0.05) is 54.6 Å². The van der Waals surface area contributed by atoms with Crippen molar-refractivity contribution in [2.75, 3.05) is 19.0 Å². The van der Waals surface area contributed by atoms with Crippen molar-refractivity contribution >= 4 is 23.5 Å². The molecule has 0 radical (unpaired) electrons. The smallest absolute Gasteiger partial charge is 0.279 e. The van der Waals surface area contributed by atoms with Crippen molar-refractivity contribution in [3.8, 4) is 11.5 Å². The summed E-state index contributed by atoms with van der Waals surface area (Å²) in [6.07, 6.45) is 1.05. The summed E-state index contributed by atoms with van der Waals surface area (Å²) in [6.45, 7) is 4.67. The van der Waals surface area contributed by atoms with E-state index in [2.05, 4.69) is 22.4 Å². The molecule has 1 amide bonds. The lowest BCUT2D eigenvalue weighted by atomic mass is 9.86. The Hall–Kier alpha value is -3.26. The average Bonchev–Trinajstić information content (AvgIpc) is 2.83. The summed E-state index contributed by atoms with van der Waals surface area (Å²) in [5, 5.41) is 3.46. The van der Waals surface area contributed by atoms with E-state index >= 15 is 0 Å². The number of nitrogens with one attached hydrogen (secondary N) is 1. The third-order valence-corrected chi connectivity index (χ3v) is 6.90. The molecule has 1 N–H and O–H groups in total. The maximum Gasteiger partial charge on any atom is 0.279 e. The van der Waals surface area contributed by atoms with Gasteiger partial charge in [0, 0.05) is 25.1 Å². The maximum absolute atomic E-state index is 13.2. The number of amides is 1. The van der Waals surface area contributed by atoms with Gasteiger partial charge in [-0.3, -0.25) is 9.59 Å². The third kappa shape index (κ3) is 4.97. The molecule has 0 saturated carbocycles. The second-order valence-electron chi connectivity index (χ2n) is 8.36. The summed E-state index contributed by atoms with van der Waals surface area (Å²) in [6, 6.07) is 13.8. The van der Waals surface area contributed by atoms with Crippen LogP contribution < -0.4 is 20.3 Å². The number of carbonyl (C=O) groups excluding carboxylic acids is 1. The van der Waals surface area contributed by atoms with Crippen molar-refractivity contribution in [2.45, 2.75) is 43.5 Å². The highest BCUT2D eigenvalue weighted by atomic mass is 32.2. The van der Waals surface area contributed by atoms with Crippen LogP contribution in [0.1, 0.15) is 47.9 Å². The Labute approximate surface area is 203 Å². The summed E-state index contributed by atoms with van der Waals surface area (Å²) in [5.74, 6) is 1.84. The topological polar surface area (TPSA) is 82.5 Å². The van der Waals surface area contributed by atoms with E-state index in [-0.39, 0.29) is 17.9 Å². The molecule has 0 fully saturated rings. The molecular formula is C26H29N3O4S. The molecule has 8 heteroatoms. The van der Waals surface area contributed by atoms with Crippen LogP contribution in [0.2, 0.25) is 0 Å². The molecule has 178 valence electrons. The predicted molar refractivity (Wildman–Crippen MR) is 134 cm³/mol. The Morgan fingerprint density at radius 2 is 2.00 bits per heavy atom. The second kappa shape index (κ2) is 10.3. The first kappa shape index (κ1) is 23.9. The van der Waals surface area contributed by atoms with Gasteiger partial charge in [0.2, 0.25) is 5.91 Å².